The fourth-order valence-corrected chi connectivity index (χ4v) is 2.80. The molecule has 1 saturated heterocycles. The number of rotatable bonds is 3. The minimum Gasteiger partial charge on any atom is -0.370 e. The summed E-state index contributed by atoms with van der Waals surface area (Å²) in [5.74, 6) is -0.280. The number of amides is 1. The van der Waals surface area contributed by atoms with E-state index in [-0.39, 0.29) is 17.5 Å². The summed E-state index contributed by atoms with van der Waals surface area (Å²) in [6.45, 7) is 1.66. The number of carbonyl (C=O) groups excluding carboxylic acids is 1. The van der Waals surface area contributed by atoms with Gasteiger partial charge in [-0.25, -0.2) is 9.37 Å². The second kappa shape index (κ2) is 6.52. The maximum atomic E-state index is 13.0. The third-order valence-electron chi connectivity index (χ3n) is 3.71. The monoisotopic (exact) mass is 335 g/mol. The second-order valence-electron chi connectivity index (χ2n) is 5.25. The number of nitrogens with two attached hydrogens (primary N) is 1. The van der Waals surface area contributed by atoms with Crippen molar-refractivity contribution in [1.29, 1.82) is 0 Å². The molecule has 1 fully saturated rings. The Bertz CT molecular complexity index is 724. The minimum atomic E-state index is -0.572. The maximum Gasteiger partial charge on any atom is 0.250 e. The van der Waals surface area contributed by atoms with Crippen LogP contribution in [0.25, 0.3) is 0 Å². The van der Waals surface area contributed by atoms with Crippen molar-refractivity contribution in [1.82, 2.24) is 4.98 Å². The number of anilines is 1. The molecule has 0 aliphatic carbocycles. The van der Waals surface area contributed by atoms with Gasteiger partial charge in [0, 0.05) is 19.3 Å². The van der Waals surface area contributed by atoms with Crippen LogP contribution in [0.3, 0.4) is 0 Å². The topological polar surface area (TPSA) is 68.5 Å². The number of benzene rings is 1. The largest absolute Gasteiger partial charge is 0.370 e. The van der Waals surface area contributed by atoms with Gasteiger partial charge in [-0.1, -0.05) is 23.7 Å². The Labute approximate surface area is 137 Å². The van der Waals surface area contributed by atoms with Crippen molar-refractivity contribution in [3.05, 3.63) is 58.5 Å². The van der Waals surface area contributed by atoms with Crippen LogP contribution >= 0.6 is 11.6 Å². The number of pyridine rings is 1. The van der Waals surface area contributed by atoms with Gasteiger partial charge >= 0.3 is 0 Å². The molecule has 1 amide bonds. The van der Waals surface area contributed by atoms with Crippen molar-refractivity contribution in [3.63, 3.8) is 0 Å². The van der Waals surface area contributed by atoms with Gasteiger partial charge in [0.15, 0.2) is 0 Å². The molecular weight excluding hydrogens is 321 g/mol. The van der Waals surface area contributed by atoms with E-state index in [1.54, 1.807) is 12.1 Å². The number of halogens is 2. The van der Waals surface area contributed by atoms with Crippen LogP contribution in [0.1, 0.15) is 22.0 Å². The van der Waals surface area contributed by atoms with Gasteiger partial charge in [0.1, 0.15) is 17.7 Å². The molecule has 120 valence electrons. The first kappa shape index (κ1) is 15.7. The van der Waals surface area contributed by atoms with Gasteiger partial charge in [-0.15, -0.1) is 0 Å². The van der Waals surface area contributed by atoms with Crippen LogP contribution in [0.5, 0.6) is 0 Å². The number of morpholine rings is 1. The first-order chi connectivity index (χ1) is 11.0. The summed E-state index contributed by atoms with van der Waals surface area (Å²) in [6, 6.07) is 7.73. The zero-order valence-corrected chi connectivity index (χ0v) is 13.0. The summed E-state index contributed by atoms with van der Waals surface area (Å²) in [5.41, 5.74) is 6.38. The van der Waals surface area contributed by atoms with E-state index in [9.17, 15) is 9.18 Å². The van der Waals surface area contributed by atoms with Crippen molar-refractivity contribution in [2.24, 2.45) is 5.73 Å². The van der Waals surface area contributed by atoms with Crippen molar-refractivity contribution in [3.8, 4) is 0 Å². The van der Waals surface area contributed by atoms with Crippen molar-refractivity contribution >= 4 is 23.3 Å². The highest BCUT2D eigenvalue weighted by molar-refractivity contribution is 6.33. The Morgan fingerprint density at radius 1 is 1.39 bits per heavy atom. The van der Waals surface area contributed by atoms with Crippen LogP contribution in [-0.2, 0) is 4.74 Å². The molecule has 1 aromatic heterocycles. The molecule has 5 nitrogen and oxygen atoms in total. The average molecular weight is 336 g/mol. The molecule has 0 unspecified atom stereocenters. The van der Waals surface area contributed by atoms with Crippen LogP contribution in [0.2, 0.25) is 5.02 Å². The minimum absolute atomic E-state index is 0.196. The standard InChI is InChI=1S/C16H15ClFN3O2/c17-13-7-11(15(19)22)8-20-16(13)21-5-6-23-14(9-21)10-1-3-12(18)4-2-10/h1-4,7-8,14H,5-6,9H2,(H2,19,22)/t14-/m0/s1. The highest BCUT2D eigenvalue weighted by atomic mass is 35.5. The smallest absolute Gasteiger partial charge is 0.250 e. The lowest BCUT2D eigenvalue weighted by atomic mass is 10.1. The molecule has 23 heavy (non-hydrogen) atoms. The van der Waals surface area contributed by atoms with E-state index in [1.807, 2.05) is 4.90 Å². The molecule has 3 rings (SSSR count). The number of carbonyl (C=O) groups is 1. The Hall–Kier alpha value is -2.18. The van der Waals surface area contributed by atoms with Gasteiger partial charge in [-0.05, 0) is 23.8 Å². The summed E-state index contributed by atoms with van der Waals surface area (Å²) >= 11 is 6.22. The zero-order chi connectivity index (χ0) is 16.4. The fourth-order valence-electron chi connectivity index (χ4n) is 2.52. The van der Waals surface area contributed by atoms with E-state index in [0.717, 1.165) is 5.56 Å². The van der Waals surface area contributed by atoms with E-state index < -0.39 is 5.91 Å². The molecule has 1 aliphatic heterocycles. The highest BCUT2D eigenvalue weighted by Crippen LogP contribution is 2.29. The third kappa shape index (κ3) is 3.43. The lowest BCUT2D eigenvalue weighted by Gasteiger charge is -2.34. The summed E-state index contributed by atoms with van der Waals surface area (Å²) in [6.07, 6.45) is 1.21. The predicted molar refractivity (Wildman–Crippen MR) is 85.1 cm³/mol. The molecule has 1 aromatic carbocycles. The lowest BCUT2D eigenvalue weighted by molar-refractivity contribution is 0.0395. The Balaban J connectivity index is 1.81. The molecule has 7 heteroatoms. The normalized spacial score (nSPS) is 18.0. The zero-order valence-electron chi connectivity index (χ0n) is 12.2. The maximum absolute atomic E-state index is 13.0. The summed E-state index contributed by atoms with van der Waals surface area (Å²) < 4.78 is 18.8. The van der Waals surface area contributed by atoms with Gasteiger partial charge in [-0.3, -0.25) is 4.79 Å². The molecule has 0 saturated carbocycles. The molecule has 2 N–H and O–H groups in total. The van der Waals surface area contributed by atoms with Crippen molar-refractivity contribution in [2.75, 3.05) is 24.6 Å². The van der Waals surface area contributed by atoms with Crippen LogP contribution in [0, 0.1) is 5.82 Å². The molecule has 2 aromatic rings. The molecule has 0 spiro atoms. The second-order valence-corrected chi connectivity index (χ2v) is 5.66. The summed E-state index contributed by atoms with van der Waals surface area (Å²) in [5, 5.41) is 0.362. The van der Waals surface area contributed by atoms with Crippen LogP contribution in [0.15, 0.2) is 36.5 Å². The number of ether oxygens (including phenoxy) is 1. The van der Waals surface area contributed by atoms with E-state index in [0.29, 0.717) is 30.5 Å². The third-order valence-corrected chi connectivity index (χ3v) is 3.99. The van der Waals surface area contributed by atoms with Gasteiger partial charge in [0.2, 0.25) is 5.91 Å². The van der Waals surface area contributed by atoms with E-state index in [1.165, 1.54) is 24.4 Å². The number of primary amides is 1. The first-order valence-corrected chi connectivity index (χ1v) is 7.50. The first-order valence-electron chi connectivity index (χ1n) is 7.12. The van der Waals surface area contributed by atoms with E-state index >= 15 is 0 Å². The molecule has 1 atom stereocenters. The van der Waals surface area contributed by atoms with Crippen molar-refractivity contribution < 1.29 is 13.9 Å². The quantitative estimate of drug-likeness (QED) is 0.936. The molecule has 1 aliphatic rings. The van der Waals surface area contributed by atoms with E-state index in [4.69, 9.17) is 22.1 Å². The van der Waals surface area contributed by atoms with Crippen LogP contribution in [-0.4, -0.2) is 30.6 Å². The highest BCUT2D eigenvalue weighted by Gasteiger charge is 2.24. The Morgan fingerprint density at radius 3 is 2.78 bits per heavy atom. The molecule has 2 heterocycles. The fraction of sp³-hybridized carbons (Fsp3) is 0.250. The Kier molecular flexibility index (Phi) is 4.45. The van der Waals surface area contributed by atoms with Gasteiger partial charge in [-0.2, -0.15) is 0 Å². The number of hydrogen-bond donors (Lipinski definition) is 1. The van der Waals surface area contributed by atoms with E-state index in [2.05, 4.69) is 4.98 Å². The lowest BCUT2D eigenvalue weighted by Crippen LogP contribution is -2.39. The Morgan fingerprint density at radius 2 is 2.13 bits per heavy atom. The summed E-state index contributed by atoms with van der Waals surface area (Å²) in [4.78, 5) is 17.4. The molecule has 0 radical (unpaired) electrons. The SMILES string of the molecule is NC(=O)c1cnc(N2CCO[C@H](c3ccc(F)cc3)C2)c(Cl)c1. The number of nitrogens with zero attached hydrogens (tertiary/aromatic N) is 2. The van der Waals surface area contributed by atoms with Crippen molar-refractivity contribution in [2.45, 2.75) is 6.10 Å². The van der Waals surface area contributed by atoms with Gasteiger partial charge < -0.3 is 15.4 Å². The molecular formula is C16H15ClFN3O2. The van der Waals surface area contributed by atoms with Crippen LogP contribution in [0.4, 0.5) is 10.2 Å². The van der Waals surface area contributed by atoms with Crippen LogP contribution < -0.4 is 10.6 Å². The predicted octanol–water partition coefficient (Wildman–Crippen LogP) is 2.55. The van der Waals surface area contributed by atoms with Gasteiger partial charge in [0.05, 0.1) is 17.2 Å². The number of hydrogen-bond acceptors (Lipinski definition) is 4. The number of aromatic nitrogens is 1. The molecule has 0 bridgehead atoms. The van der Waals surface area contributed by atoms with Gasteiger partial charge in [0.25, 0.3) is 0 Å². The summed E-state index contributed by atoms with van der Waals surface area (Å²) in [7, 11) is 0. The average Bonchev–Trinajstić information content (AvgIpc) is 2.55.